The van der Waals surface area contributed by atoms with Crippen molar-refractivity contribution in [3.8, 4) is 10.8 Å². The molecule has 4 rings (SSSR count). The molecule has 2 aromatic heterocycles. The Kier molecular flexibility index (Phi) is 3.80. The molecule has 2 aliphatic heterocycles. The van der Waals surface area contributed by atoms with Crippen LogP contribution in [0.3, 0.4) is 0 Å². The number of thiazole rings is 1. The normalized spacial score (nSPS) is 26.7. The maximum Gasteiger partial charge on any atom is 0.162 e. The zero-order valence-electron chi connectivity index (χ0n) is 12.1. The summed E-state index contributed by atoms with van der Waals surface area (Å²) in [5, 5.41) is 6.83. The molecule has 21 heavy (non-hydrogen) atoms. The Labute approximate surface area is 129 Å². The maximum absolute atomic E-state index is 5.43. The molecule has 2 saturated heterocycles. The second-order valence-electron chi connectivity index (χ2n) is 6.00. The first kappa shape index (κ1) is 13.5. The third kappa shape index (κ3) is 2.78. The Bertz CT molecular complexity index is 574. The minimum atomic E-state index is 0.690. The number of hydrogen-bond acceptors (Lipinski definition) is 5. The fourth-order valence-corrected chi connectivity index (χ4v) is 4.42. The summed E-state index contributed by atoms with van der Waals surface area (Å²) >= 11 is 1.68. The zero-order valence-corrected chi connectivity index (χ0v) is 12.9. The summed E-state index contributed by atoms with van der Waals surface area (Å²) in [5.74, 6) is 0.877. The number of hydrogen-bond donors (Lipinski definition) is 1. The molecule has 1 N–H and O–H groups in total. The number of likely N-dealkylation sites (tertiary alicyclic amines) is 1. The molecule has 0 radical (unpaired) electrons. The number of nitrogens with one attached hydrogen (secondary N) is 1. The van der Waals surface area contributed by atoms with Crippen molar-refractivity contribution in [3.63, 3.8) is 0 Å². The standard InChI is InChI=1S/C16H21N3OS/c1-4-13(17-7-1)14-5-2-8-19(14)10-12-11-21-16(18-12)15-6-3-9-20-15/h3,6,9,11,13-14,17H,1-2,4-5,7-8,10H2. The van der Waals surface area contributed by atoms with Gasteiger partial charge in [0.25, 0.3) is 0 Å². The van der Waals surface area contributed by atoms with E-state index in [1.165, 1.54) is 44.5 Å². The fraction of sp³-hybridized carbons (Fsp3) is 0.562. The second kappa shape index (κ2) is 5.91. The van der Waals surface area contributed by atoms with Crippen molar-refractivity contribution in [2.45, 2.75) is 44.3 Å². The monoisotopic (exact) mass is 303 g/mol. The summed E-state index contributed by atoms with van der Waals surface area (Å²) in [7, 11) is 0. The Morgan fingerprint density at radius 2 is 2.38 bits per heavy atom. The highest BCUT2D eigenvalue weighted by atomic mass is 32.1. The van der Waals surface area contributed by atoms with E-state index >= 15 is 0 Å². The van der Waals surface area contributed by atoms with Crippen LogP contribution < -0.4 is 5.32 Å². The lowest BCUT2D eigenvalue weighted by Crippen LogP contribution is -2.43. The van der Waals surface area contributed by atoms with Crippen molar-refractivity contribution in [2.24, 2.45) is 0 Å². The highest BCUT2D eigenvalue weighted by molar-refractivity contribution is 7.13. The van der Waals surface area contributed by atoms with Crippen LogP contribution in [0.25, 0.3) is 10.8 Å². The summed E-state index contributed by atoms with van der Waals surface area (Å²) in [4.78, 5) is 7.35. The molecule has 4 nitrogen and oxygen atoms in total. The third-order valence-corrected chi connectivity index (χ3v) is 5.53. The van der Waals surface area contributed by atoms with Gasteiger partial charge in [0.05, 0.1) is 12.0 Å². The first-order valence-electron chi connectivity index (χ1n) is 7.86. The van der Waals surface area contributed by atoms with E-state index in [0.717, 1.165) is 17.3 Å². The highest BCUT2D eigenvalue weighted by Crippen LogP contribution is 2.28. The molecule has 0 aromatic carbocycles. The van der Waals surface area contributed by atoms with Crippen LogP contribution in [-0.2, 0) is 6.54 Å². The minimum absolute atomic E-state index is 0.690. The molecule has 2 fully saturated rings. The quantitative estimate of drug-likeness (QED) is 0.942. The molecular formula is C16H21N3OS. The van der Waals surface area contributed by atoms with Crippen LogP contribution >= 0.6 is 11.3 Å². The summed E-state index contributed by atoms with van der Waals surface area (Å²) in [6, 6.07) is 5.28. The van der Waals surface area contributed by atoms with E-state index in [1.807, 2.05) is 12.1 Å². The smallest absolute Gasteiger partial charge is 0.162 e. The van der Waals surface area contributed by atoms with Gasteiger partial charge < -0.3 is 9.73 Å². The molecule has 0 spiro atoms. The Hall–Kier alpha value is -1.17. The van der Waals surface area contributed by atoms with Crippen LogP contribution in [0, 0.1) is 0 Å². The van der Waals surface area contributed by atoms with Gasteiger partial charge in [0.15, 0.2) is 10.8 Å². The van der Waals surface area contributed by atoms with Crippen molar-refractivity contribution in [1.29, 1.82) is 0 Å². The van der Waals surface area contributed by atoms with Gasteiger partial charge >= 0.3 is 0 Å². The topological polar surface area (TPSA) is 41.3 Å². The summed E-state index contributed by atoms with van der Waals surface area (Å²) < 4.78 is 5.43. The van der Waals surface area contributed by atoms with Gasteiger partial charge in [0, 0.05) is 24.0 Å². The first-order chi connectivity index (χ1) is 10.4. The van der Waals surface area contributed by atoms with Gasteiger partial charge in [0.1, 0.15) is 0 Å². The molecule has 0 bridgehead atoms. The lowest BCUT2D eigenvalue weighted by molar-refractivity contribution is 0.205. The van der Waals surface area contributed by atoms with Crippen LogP contribution in [-0.4, -0.2) is 35.1 Å². The van der Waals surface area contributed by atoms with Gasteiger partial charge in [-0.2, -0.15) is 0 Å². The van der Waals surface area contributed by atoms with Crippen molar-refractivity contribution < 1.29 is 4.42 Å². The molecule has 4 heterocycles. The molecule has 2 aromatic rings. The van der Waals surface area contributed by atoms with Crippen molar-refractivity contribution in [1.82, 2.24) is 15.2 Å². The Morgan fingerprint density at radius 1 is 1.38 bits per heavy atom. The maximum atomic E-state index is 5.43. The Morgan fingerprint density at radius 3 is 3.19 bits per heavy atom. The average Bonchev–Trinajstić information content (AvgIpc) is 3.28. The van der Waals surface area contributed by atoms with Crippen LogP contribution in [0.4, 0.5) is 0 Å². The molecule has 112 valence electrons. The van der Waals surface area contributed by atoms with Crippen LogP contribution in [0.5, 0.6) is 0 Å². The van der Waals surface area contributed by atoms with Gasteiger partial charge in [-0.1, -0.05) is 0 Å². The number of rotatable bonds is 4. The number of aromatic nitrogens is 1. The van der Waals surface area contributed by atoms with Crippen molar-refractivity contribution in [3.05, 3.63) is 29.5 Å². The molecule has 2 unspecified atom stereocenters. The van der Waals surface area contributed by atoms with Gasteiger partial charge in [-0.15, -0.1) is 11.3 Å². The lowest BCUT2D eigenvalue weighted by atomic mass is 10.0. The van der Waals surface area contributed by atoms with E-state index in [1.54, 1.807) is 17.6 Å². The predicted molar refractivity (Wildman–Crippen MR) is 84.3 cm³/mol. The van der Waals surface area contributed by atoms with Crippen LogP contribution in [0.15, 0.2) is 28.2 Å². The fourth-order valence-electron chi connectivity index (χ4n) is 3.64. The largest absolute Gasteiger partial charge is 0.462 e. The first-order valence-corrected chi connectivity index (χ1v) is 8.74. The van der Waals surface area contributed by atoms with Crippen LogP contribution in [0.1, 0.15) is 31.4 Å². The molecule has 0 amide bonds. The highest BCUT2D eigenvalue weighted by Gasteiger charge is 2.33. The van der Waals surface area contributed by atoms with E-state index in [4.69, 9.17) is 9.40 Å². The van der Waals surface area contributed by atoms with Crippen molar-refractivity contribution >= 4 is 11.3 Å². The number of nitrogens with zero attached hydrogens (tertiary/aromatic N) is 2. The van der Waals surface area contributed by atoms with Gasteiger partial charge in [0.2, 0.25) is 0 Å². The molecule has 2 aliphatic rings. The van der Waals surface area contributed by atoms with Gasteiger partial charge in [-0.3, -0.25) is 4.90 Å². The Balaban J connectivity index is 1.45. The summed E-state index contributed by atoms with van der Waals surface area (Å²) in [5.41, 5.74) is 1.18. The van der Waals surface area contributed by atoms with E-state index in [0.29, 0.717) is 12.1 Å². The van der Waals surface area contributed by atoms with E-state index in [9.17, 15) is 0 Å². The lowest BCUT2D eigenvalue weighted by Gasteiger charge is -2.28. The van der Waals surface area contributed by atoms with E-state index in [-0.39, 0.29) is 0 Å². The predicted octanol–water partition coefficient (Wildman–Crippen LogP) is 3.12. The minimum Gasteiger partial charge on any atom is -0.462 e. The van der Waals surface area contributed by atoms with Crippen molar-refractivity contribution in [2.75, 3.05) is 13.1 Å². The summed E-state index contributed by atoms with van der Waals surface area (Å²) in [6.07, 6.45) is 7.01. The zero-order chi connectivity index (χ0) is 14.1. The molecule has 5 heteroatoms. The molecular weight excluding hydrogens is 282 g/mol. The third-order valence-electron chi connectivity index (χ3n) is 4.63. The number of furan rings is 1. The summed E-state index contributed by atoms with van der Waals surface area (Å²) in [6.45, 7) is 3.37. The van der Waals surface area contributed by atoms with E-state index in [2.05, 4.69) is 15.6 Å². The average molecular weight is 303 g/mol. The second-order valence-corrected chi connectivity index (χ2v) is 6.86. The molecule has 2 atom stereocenters. The molecule has 0 saturated carbocycles. The van der Waals surface area contributed by atoms with Crippen LogP contribution in [0.2, 0.25) is 0 Å². The molecule has 0 aliphatic carbocycles. The van der Waals surface area contributed by atoms with Gasteiger partial charge in [-0.25, -0.2) is 4.98 Å². The van der Waals surface area contributed by atoms with Gasteiger partial charge in [-0.05, 0) is 50.9 Å². The van der Waals surface area contributed by atoms with E-state index < -0.39 is 0 Å². The SMILES string of the molecule is c1coc(-c2nc(CN3CCCC3C3CCCN3)cs2)c1.